The summed E-state index contributed by atoms with van der Waals surface area (Å²) in [5.41, 5.74) is -0.845. The highest BCUT2D eigenvalue weighted by molar-refractivity contribution is 9.11. The second-order valence-electron chi connectivity index (χ2n) is 5.16. The van der Waals surface area contributed by atoms with E-state index in [1.165, 1.54) is 0 Å². The van der Waals surface area contributed by atoms with Gasteiger partial charge in [-0.25, -0.2) is 17.9 Å². The molecule has 1 saturated carbocycles. The third kappa shape index (κ3) is 3.65. The Morgan fingerprint density at radius 3 is 2.48 bits per heavy atom. The lowest BCUT2D eigenvalue weighted by Crippen LogP contribution is -2.52. The summed E-state index contributed by atoms with van der Waals surface area (Å²) < 4.78 is 27.8. The van der Waals surface area contributed by atoms with Crippen LogP contribution in [0, 0.1) is 0 Å². The van der Waals surface area contributed by atoms with Gasteiger partial charge in [-0.15, -0.1) is 11.3 Å². The van der Waals surface area contributed by atoms with E-state index in [9.17, 15) is 18.3 Å². The normalized spacial score (nSPS) is 18.6. The lowest BCUT2D eigenvalue weighted by molar-refractivity contribution is 0.0702. The molecule has 0 spiro atoms. The third-order valence-corrected chi connectivity index (χ3v) is 7.44. The zero-order chi connectivity index (χ0) is 15.7. The molecule has 2 rings (SSSR count). The van der Waals surface area contributed by atoms with Crippen LogP contribution in [-0.2, 0) is 10.0 Å². The molecule has 9 heteroatoms. The van der Waals surface area contributed by atoms with Crippen LogP contribution in [0.5, 0.6) is 0 Å². The number of aromatic carboxylic acids is 1. The van der Waals surface area contributed by atoms with Gasteiger partial charge < -0.3 is 10.2 Å². The Bertz CT molecular complexity index is 634. The van der Waals surface area contributed by atoms with Crippen LogP contribution in [0.1, 0.15) is 41.8 Å². The molecule has 0 amide bonds. The van der Waals surface area contributed by atoms with Gasteiger partial charge in [-0.1, -0.05) is 19.3 Å². The quantitative estimate of drug-likeness (QED) is 0.706. The highest BCUT2D eigenvalue weighted by Crippen LogP contribution is 2.34. The molecule has 0 unspecified atom stereocenters. The van der Waals surface area contributed by atoms with Gasteiger partial charge in [0.2, 0.25) is 10.0 Å². The van der Waals surface area contributed by atoms with Crippen molar-refractivity contribution in [1.82, 2.24) is 4.72 Å². The molecule has 1 aliphatic rings. The summed E-state index contributed by atoms with van der Waals surface area (Å²) in [6.45, 7) is -0.264. The largest absolute Gasteiger partial charge is 0.477 e. The van der Waals surface area contributed by atoms with Gasteiger partial charge in [-0.3, -0.25) is 0 Å². The Morgan fingerprint density at radius 2 is 2.00 bits per heavy atom. The van der Waals surface area contributed by atoms with Crippen molar-refractivity contribution < 1.29 is 23.4 Å². The summed E-state index contributed by atoms with van der Waals surface area (Å²) in [5.74, 6) is -1.17. The highest BCUT2D eigenvalue weighted by atomic mass is 79.9. The molecule has 21 heavy (non-hydrogen) atoms. The molecule has 1 fully saturated rings. The fourth-order valence-electron chi connectivity index (χ4n) is 2.50. The summed E-state index contributed by atoms with van der Waals surface area (Å²) in [6, 6.07) is 1.13. The zero-order valence-corrected chi connectivity index (χ0v) is 14.4. The maximum Gasteiger partial charge on any atom is 0.345 e. The predicted octanol–water partition coefficient (Wildman–Crippen LogP) is 2.18. The number of carbonyl (C=O) groups is 1. The number of halogens is 1. The van der Waals surface area contributed by atoms with E-state index < -0.39 is 21.5 Å². The van der Waals surface area contributed by atoms with Gasteiger partial charge in [0.1, 0.15) is 9.77 Å². The van der Waals surface area contributed by atoms with E-state index in [0.29, 0.717) is 12.8 Å². The zero-order valence-electron chi connectivity index (χ0n) is 11.1. The predicted molar refractivity (Wildman–Crippen MR) is 82.2 cm³/mol. The van der Waals surface area contributed by atoms with Crippen LogP contribution < -0.4 is 4.72 Å². The van der Waals surface area contributed by atoms with Crippen molar-refractivity contribution in [1.29, 1.82) is 0 Å². The molecule has 3 N–H and O–H groups in total. The third-order valence-electron chi connectivity index (χ3n) is 3.62. The summed E-state index contributed by atoms with van der Waals surface area (Å²) in [5, 5.41) is 18.5. The van der Waals surface area contributed by atoms with Crippen molar-refractivity contribution in [2.75, 3.05) is 6.61 Å². The Kier molecular flexibility index (Phi) is 5.09. The minimum atomic E-state index is -3.88. The van der Waals surface area contributed by atoms with Gasteiger partial charge >= 0.3 is 5.97 Å². The first-order chi connectivity index (χ1) is 9.80. The van der Waals surface area contributed by atoms with Crippen LogP contribution in [0.2, 0.25) is 0 Å². The van der Waals surface area contributed by atoms with E-state index in [4.69, 9.17) is 5.11 Å². The number of carboxylic acid groups (broad SMARTS) is 1. The lowest BCUT2D eigenvalue weighted by atomic mass is 9.83. The number of thiophene rings is 1. The molecular formula is C12H16BrNO5S2. The average molecular weight is 398 g/mol. The summed E-state index contributed by atoms with van der Waals surface area (Å²) in [6.07, 6.45) is 3.89. The first-order valence-corrected chi connectivity index (χ1v) is 9.56. The van der Waals surface area contributed by atoms with Crippen molar-refractivity contribution in [3.63, 3.8) is 0 Å². The average Bonchev–Trinajstić information content (AvgIpc) is 2.82. The monoisotopic (exact) mass is 397 g/mol. The van der Waals surface area contributed by atoms with Crippen LogP contribution in [0.4, 0.5) is 0 Å². The Balaban J connectivity index is 2.31. The van der Waals surface area contributed by atoms with Crippen LogP contribution >= 0.6 is 27.3 Å². The number of rotatable bonds is 5. The van der Waals surface area contributed by atoms with E-state index >= 15 is 0 Å². The Morgan fingerprint density at radius 1 is 1.38 bits per heavy atom. The molecule has 6 nitrogen and oxygen atoms in total. The smallest absolute Gasteiger partial charge is 0.345 e. The summed E-state index contributed by atoms with van der Waals surface area (Å²) >= 11 is 3.95. The van der Waals surface area contributed by atoms with Gasteiger partial charge in [0.05, 0.1) is 15.9 Å². The molecule has 1 heterocycles. The number of hydrogen-bond donors (Lipinski definition) is 3. The molecule has 1 aromatic rings. The molecule has 0 bridgehead atoms. The van der Waals surface area contributed by atoms with Gasteiger partial charge in [0, 0.05) is 0 Å². The SMILES string of the molecule is O=C(O)c1cc(S(=O)(=O)NC2(CO)CCCCC2)c(Br)s1. The number of aliphatic hydroxyl groups is 1. The maximum atomic E-state index is 12.5. The van der Waals surface area contributed by atoms with Crippen molar-refractivity contribution in [3.8, 4) is 0 Å². The second kappa shape index (κ2) is 6.33. The Hall–Kier alpha value is -0.480. The highest BCUT2D eigenvalue weighted by Gasteiger charge is 2.37. The first kappa shape index (κ1) is 16.9. The molecule has 1 aliphatic carbocycles. The molecular weight excluding hydrogens is 382 g/mol. The Labute approximate surface area is 135 Å². The van der Waals surface area contributed by atoms with E-state index in [2.05, 4.69) is 20.7 Å². The number of hydrogen-bond acceptors (Lipinski definition) is 5. The van der Waals surface area contributed by atoms with E-state index in [-0.39, 0.29) is 20.2 Å². The van der Waals surface area contributed by atoms with Crippen LogP contribution in [0.3, 0.4) is 0 Å². The minimum Gasteiger partial charge on any atom is -0.477 e. The molecule has 0 saturated heterocycles. The van der Waals surface area contributed by atoms with Crippen molar-refractivity contribution in [3.05, 3.63) is 14.7 Å². The molecule has 1 aromatic heterocycles. The maximum absolute atomic E-state index is 12.5. The lowest BCUT2D eigenvalue weighted by Gasteiger charge is -2.35. The van der Waals surface area contributed by atoms with Gasteiger partial charge in [-0.05, 0) is 34.8 Å². The first-order valence-electron chi connectivity index (χ1n) is 6.47. The topological polar surface area (TPSA) is 104 Å². The summed E-state index contributed by atoms with van der Waals surface area (Å²) in [7, 11) is -3.88. The number of aliphatic hydroxyl groups excluding tert-OH is 1. The van der Waals surface area contributed by atoms with Crippen molar-refractivity contribution >= 4 is 43.3 Å². The van der Waals surface area contributed by atoms with Crippen LogP contribution in [0.25, 0.3) is 0 Å². The van der Waals surface area contributed by atoms with Gasteiger partial charge in [0.15, 0.2) is 0 Å². The van der Waals surface area contributed by atoms with Crippen molar-refractivity contribution in [2.24, 2.45) is 0 Å². The van der Waals surface area contributed by atoms with E-state index in [0.717, 1.165) is 36.7 Å². The van der Waals surface area contributed by atoms with Crippen LogP contribution in [-0.4, -0.2) is 36.7 Å². The van der Waals surface area contributed by atoms with E-state index in [1.54, 1.807) is 0 Å². The molecule has 118 valence electrons. The van der Waals surface area contributed by atoms with Crippen molar-refractivity contribution in [2.45, 2.75) is 42.5 Å². The molecule has 0 aliphatic heterocycles. The molecule has 0 atom stereocenters. The standard InChI is InChI=1S/C12H16BrNO5S2/c13-10-9(6-8(20-10)11(16)17)21(18,19)14-12(7-15)4-2-1-3-5-12/h6,14-15H,1-5,7H2,(H,16,17). The van der Waals surface area contributed by atoms with Gasteiger partial charge in [-0.2, -0.15) is 0 Å². The van der Waals surface area contributed by atoms with E-state index in [1.807, 2.05) is 0 Å². The minimum absolute atomic E-state index is 0.0519. The fourth-order valence-corrected chi connectivity index (χ4v) is 6.36. The second-order valence-corrected chi connectivity index (χ2v) is 9.18. The number of nitrogens with one attached hydrogen (secondary N) is 1. The van der Waals surface area contributed by atoms with Gasteiger partial charge in [0.25, 0.3) is 0 Å². The summed E-state index contributed by atoms with van der Waals surface area (Å²) in [4.78, 5) is 10.8. The number of carboxylic acids is 1. The number of sulfonamides is 1. The molecule has 0 radical (unpaired) electrons. The fraction of sp³-hybridized carbons (Fsp3) is 0.583. The molecule has 0 aromatic carbocycles. The van der Waals surface area contributed by atoms with Crippen LogP contribution in [0.15, 0.2) is 14.7 Å².